The first-order valence-corrected chi connectivity index (χ1v) is 6.52. The maximum Gasteiger partial charge on any atom is 0.0101 e. The minimum atomic E-state index is 0. The van der Waals surface area contributed by atoms with Crippen LogP contribution in [0.25, 0.3) is 0 Å². The van der Waals surface area contributed by atoms with Crippen LogP contribution in [0.15, 0.2) is 60.7 Å². The summed E-state index contributed by atoms with van der Waals surface area (Å²) in [5.41, 5.74) is 2.82. The van der Waals surface area contributed by atoms with Crippen LogP contribution >= 0.6 is 12.4 Å². The topological polar surface area (TPSA) is 3.24 Å². The molecule has 19 heavy (non-hydrogen) atoms. The third-order valence-electron chi connectivity index (χ3n) is 3.27. The maximum absolute atomic E-state index is 2.25. The SMILES string of the molecule is CN(C)CCC(c1ccccc1)c1ccccc1.Cl. The molecule has 0 aliphatic rings. The molecule has 0 aliphatic heterocycles. The molecule has 2 heteroatoms. The highest BCUT2D eigenvalue weighted by Gasteiger charge is 2.13. The van der Waals surface area contributed by atoms with Crippen LogP contribution < -0.4 is 0 Å². The molecule has 0 atom stereocenters. The Hall–Kier alpha value is -1.31. The van der Waals surface area contributed by atoms with Crippen molar-refractivity contribution < 1.29 is 0 Å². The van der Waals surface area contributed by atoms with E-state index < -0.39 is 0 Å². The van der Waals surface area contributed by atoms with E-state index in [1.165, 1.54) is 11.1 Å². The molecule has 0 heterocycles. The molecule has 0 N–H and O–H groups in total. The Balaban J connectivity index is 0.00000180. The van der Waals surface area contributed by atoms with Gasteiger partial charge >= 0.3 is 0 Å². The van der Waals surface area contributed by atoms with E-state index in [4.69, 9.17) is 0 Å². The predicted octanol–water partition coefficient (Wildman–Crippen LogP) is 4.19. The summed E-state index contributed by atoms with van der Waals surface area (Å²) in [6, 6.07) is 21.6. The average molecular weight is 276 g/mol. The van der Waals surface area contributed by atoms with E-state index in [1.807, 2.05) is 0 Å². The monoisotopic (exact) mass is 275 g/mol. The van der Waals surface area contributed by atoms with Crippen LogP contribution in [0.1, 0.15) is 23.5 Å². The van der Waals surface area contributed by atoms with Gasteiger partial charge in [-0.1, -0.05) is 60.7 Å². The predicted molar refractivity (Wildman–Crippen MR) is 85.1 cm³/mol. The molecule has 0 saturated heterocycles. The average Bonchev–Trinajstić information content (AvgIpc) is 2.41. The van der Waals surface area contributed by atoms with Gasteiger partial charge in [0.05, 0.1) is 0 Å². The Morgan fingerprint density at radius 2 is 1.21 bits per heavy atom. The molecular formula is C17H22ClN. The van der Waals surface area contributed by atoms with Gasteiger partial charge in [0, 0.05) is 5.92 Å². The molecule has 102 valence electrons. The zero-order valence-corrected chi connectivity index (χ0v) is 12.4. The first-order chi connectivity index (χ1) is 8.77. The summed E-state index contributed by atoms with van der Waals surface area (Å²) in [4.78, 5) is 2.25. The first-order valence-electron chi connectivity index (χ1n) is 6.52. The zero-order valence-electron chi connectivity index (χ0n) is 11.6. The standard InChI is InChI=1S/C17H21N.ClH/c1-18(2)14-13-17(15-9-5-3-6-10-15)16-11-7-4-8-12-16;/h3-12,17H,13-14H2,1-2H3;1H. The highest BCUT2D eigenvalue weighted by Crippen LogP contribution is 2.27. The van der Waals surface area contributed by atoms with Gasteiger partial charge < -0.3 is 4.90 Å². The highest BCUT2D eigenvalue weighted by atomic mass is 35.5. The Labute approximate surface area is 122 Å². The lowest BCUT2D eigenvalue weighted by atomic mass is 9.88. The van der Waals surface area contributed by atoms with Crippen molar-refractivity contribution in [2.75, 3.05) is 20.6 Å². The number of halogens is 1. The lowest BCUT2D eigenvalue weighted by Crippen LogP contribution is -2.16. The van der Waals surface area contributed by atoms with E-state index in [-0.39, 0.29) is 12.4 Å². The molecular weight excluding hydrogens is 254 g/mol. The summed E-state index contributed by atoms with van der Waals surface area (Å²) in [5.74, 6) is 0.495. The molecule has 0 unspecified atom stereocenters. The van der Waals surface area contributed by atoms with Crippen molar-refractivity contribution in [3.05, 3.63) is 71.8 Å². The van der Waals surface area contributed by atoms with Crippen LogP contribution in [0.2, 0.25) is 0 Å². The summed E-state index contributed by atoms with van der Waals surface area (Å²) in [7, 11) is 4.26. The van der Waals surface area contributed by atoms with Gasteiger partial charge in [0.15, 0.2) is 0 Å². The third kappa shape index (κ3) is 4.70. The van der Waals surface area contributed by atoms with Gasteiger partial charge in [-0.05, 0) is 38.2 Å². The second kappa shape index (κ2) is 7.98. The molecule has 0 amide bonds. The molecule has 2 aromatic rings. The molecule has 0 fully saturated rings. The summed E-state index contributed by atoms with van der Waals surface area (Å²) < 4.78 is 0. The normalized spacial score (nSPS) is 10.5. The summed E-state index contributed by atoms with van der Waals surface area (Å²) >= 11 is 0. The van der Waals surface area contributed by atoms with Crippen molar-refractivity contribution in [3.8, 4) is 0 Å². The van der Waals surface area contributed by atoms with Gasteiger partial charge in [0.25, 0.3) is 0 Å². The number of nitrogens with zero attached hydrogens (tertiary/aromatic N) is 1. The van der Waals surface area contributed by atoms with Crippen molar-refractivity contribution in [2.24, 2.45) is 0 Å². The molecule has 0 saturated carbocycles. The number of hydrogen-bond acceptors (Lipinski definition) is 1. The third-order valence-corrected chi connectivity index (χ3v) is 3.27. The summed E-state index contributed by atoms with van der Waals surface area (Å²) in [6.07, 6.45) is 1.15. The van der Waals surface area contributed by atoms with E-state index in [1.54, 1.807) is 0 Å². The van der Waals surface area contributed by atoms with Gasteiger partial charge in [-0.25, -0.2) is 0 Å². The van der Waals surface area contributed by atoms with Crippen LogP contribution in [0.4, 0.5) is 0 Å². The zero-order chi connectivity index (χ0) is 12.8. The van der Waals surface area contributed by atoms with Crippen LogP contribution in [0.5, 0.6) is 0 Å². The quantitative estimate of drug-likeness (QED) is 0.791. The fraction of sp³-hybridized carbons (Fsp3) is 0.294. The molecule has 0 spiro atoms. The molecule has 2 aromatic carbocycles. The molecule has 0 bridgehead atoms. The van der Waals surface area contributed by atoms with E-state index >= 15 is 0 Å². The maximum atomic E-state index is 2.25. The Bertz CT molecular complexity index is 414. The largest absolute Gasteiger partial charge is 0.309 e. The fourth-order valence-corrected chi connectivity index (χ4v) is 2.28. The van der Waals surface area contributed by atoms with E-state index in [0.29, 0.717) is 5.92 Å². The Kier molecular flexibility index (Phi) is 6.61. The van der Waals surface area contributed by atoms with Crippen molar-refractivity contribution in [1.82, 2.24) is 4.90 Å². The van der Waals surface area contributed by atoms with Crippen LogP contribution in [-0.2, 0) is 0 Å². The summed E-state index contributed by atoms with van der Waals surface area (Å²) in [6.45, 7) is 1.11. The fourth-order valence-electron chi connectivity index (χ4n) is 2.28. The Morgan fingerprint density at radius 3 is 1.58 bits per heavy atom. The molecule has 0 aliphatic carbocycles. The summed E-state index contributed by atoms with van der Waals surface area (Å²) in [5, 5.41) is 0. The smallest absolute Gasteiger partial charge is 0.0101 e. The minimum Gasteiger partial charge on any atom is -0.309 e. The lowest BCUT2D eigenvalue weighted by molar-refractivity contribution is 0.390. The van der Waals surface area contributed by atoms with E-state index in [0.717, 1.165) is 13.0 Å². The van der Waals surface area contributed by atoms with Crippen molar-refractivity contribution in [3.63, 3.8) is 0 Å². The van der Waals surface area contributed by atoms with Gasteiger partial charge in [-0.15, -0.1) is 12.4 Å². The van der Waals surface area contributed by atoms with Crippen molar-refractivity contribution in [1.29, 1.82) is 0 Å². The number of hydrogen-bond donors (Lipinski definition) is 0. The highest BCUT2D eigenvalue weighted by molar-refractivity contribution is 5.85. The number of rotatable bonds is 5. The minimum absolute atomic E-state index is 0. The van der Waals surface area contributed by atoms with Gasteiger partial charge in [-0.2, -0.15) is 0 Å². The lowest BCUT2D eigenvalue weighted by Gasteiger charge is -2.20. The van der Waals surface area contributed by atoms with Gasteiger partial charge in [0.1, 0.15) is 0 Å². The van der Waals surface area contributed by atoms with Gasteiger partial charge in [0.2, 0.25) is 0 Å². The molecule has 2 rings (SSSR count). The van der Waals surface area contributed by atoms with Crippen LogP contribution in [0, 0.1) is 0 Å². The Morgan fingerprint density at radius 1 is 0.789 bits per heavy atom. The van der Waals surface area contributed by atoms with Crippen LogP contribution in [0.3, 0.4) is 0 Å². The van der Waals surface area contributed by atoms with Gasteiger partial charge in [-0.3, -0.25) is 0 Å². The second-order valence-corrected chi connectivity index (χ2v) is 4.97. The number of benzene rings is 2. The van der Waals surface area contributed by atoms with Crippen LogP contribution in [-0.4, -0.2) is 25.5 Å². The van der Waals surface area contributed by atoms with E-state index in [9.17, 15) is 0 Å². The molecule has 0 radical (unpaired) electrons. The molecule has 0 aromatic heterocycles. The van der Waals surface area contributed by atoms with E-state index in [2.05, 4.69) is 79.7 Å². The van der Waals surface area contributed by atoms with Crippen molar-refractivity contribution >= 4 is 12.4 Å². The van der Waals surface area contributed by atoms with Crippen molar-refractivity contribution in [2.45, 2.75) is 12.3 Å². The first kappa shape index (κ1) is 15.7. The second-order valence-electron chi connectivity index (χ2n) is 4.97. The molecule has 1 nitrogen and oxygen atoms in total.